The normalized spacial score (nSPS) is 14.4. The molecule has 0 heterocycles. The Kier molecular flexibility index (Phi) is 1.85. The number of fused-ring (bicyclic) bond motifs is 1. The smallest absolute Gasteiger partial charge is 0.126 e. The number of rotatable bonds is 1. The van der Waals surface area contributed by atoms with Crippen LogP contribution in [0.3, 0.4) is 0 Å². The van der Waals surface area contributed by atoms with Crippen LogP contribution in [0, 0.1) is 4.91 Å². The Morgan fingerprint density at radius 1 is 1.25 bits per heavy atom. The minimum absolute atomic E-state index is 0.373. The Morgan fingerprint density at radius 3 is 2.58 bits per heavy atom. The summed E-state index contributed by atoms with van der Waals surface area (Å²) in [5, 5.41) is 3.34. The molecule has 0 atom stereocenters. The van der Waals surface area contributed by atoms with Crippen LogP contribution in [-0.2, 0) is 12.8 Å². The van der Waals surface area contributed by atoms with Gasteiger partial charge in [-0.2, -0.15) is 0 Å². The fourth-order valence-electron chi connectivity index (χ4n) is 1.65. The highest BCUT2D eigenvalue weighted by Gasteiger charge is 2.13. The van der Waals surface area contributed by atoms with E-state index in [1.54, 1.807) is 6.07 Å². The first kappa shape index (κ1) is 7.74. The van der Waals surface area contributed by atoms with Gasteiger partial charge in [-0.3, -0.25) is 0 Å². The zero-order valence-corrected chi connectivity index (χ0v) is 7.27. The topological polar surface area (TPSA) is 29.4 Å². The van der Waals surface area contributed by atoms with Crippen molar-refractivity contribution in [2.24, 2.45) is 5.18 Å². The quantitative estimate of drug-likeness (QED) is 0.612. The Labute approximate surface area is 75.5 Å². The van der Waals surface area contributed by atoms with E-state index >= 15 is 0 Å². The molecule has 0 aliphatic heterocycles. The Bertz CT molecular complexity index is 336. The summed E-state index contributed by atoms with van der Waals surface area (Å²) in [4.78, 5) is 10.3. The average Bonchev–Trinajstić information content (AvgIpc) is 2.49. The van der Waals surface area contributed by atoms with Gasteiger partial charge in [-0.1, -0.05) is 11.6 Å². The van der Waals surface area contributed by atoms with Crippen molar-refractivity contribution >= 4 is 17.3 Å². The fraction of sp³-hybridized carbons (Fsp3) is 0.333. The molecule has 1 aliphatic rings. The number of hydrogen-bond donors (Lipinski definition) is 0. The van der Waals surface area contributed by atoms with Crippen LogP contribution in [0.1, 0.15) is 17.5 Å². The van der Waals surface area contributed by atoms with Gasteiger partial charge >= 0.3 is 0 Å². The third-order valence-corrected chi connectivity index (χ3v) is 2.56. The minimum Gasteiger partial charge on any atom is -0.145 e. The summed E-state index contributed by atoms with van der Waals surface area (Å²) in [7, 11) is 0. The lowest BCUT2D eigenvalue weighted by Crippen LogP contribution is -1.81. The van der Waals surface area contributed by atoms with Gasteiger partial charge in [0.1, 0.15) is 5.69 Å². The Balaban J connectivity index is 2.56. The highest BCUT2D eigenvalue weighted by atomic mass is 35.5. The molecule has 0 N–H and O–H groups in total. The molecule has 62 valence electrons. The van der Waals surface area contributed by atoms with Crippen molar-refractivity contribution in [3.8, 4) is 0 Å². The maximum atomic E-state index is 10.3. The Morgan fingerprint density at radius 2 is 1.92 bits per heavy atom. The number of hydrogen-bond acceptors (Lipinski definition) is 2. The van der Waals surface area contributed by atoms with Gasteiger partial charge in [-0.25, -0.2) is 0 Å². The van der Waals surface area contributed by atoms with Crippen molar-refractivity contribution in [3.63, 3.8) is 0 Å². The van der Waals surface area contributed by atoms with E-state index in [0.717, 1.165) is 19.3 Å². The number of aryl methyl sites for hydroxylation is 2. The van der Waals surface area contributed by atoms with Gasteiger partial charge < -0.3 is 0 Å². The molecule has 2 nitrogen and oxygen atoms in total. The van der Waals surface area contributed by atoms with E-state index in [4.69, 9.17) is 11.6 Å². The van der Waals surface area contributed by atoms with E-state index in [9.17, 15) is 4.91 Å². The van der Waals surface area contributed by atoms with E-state index in [1.165, 1.54) is 11.1 Å². The molecule has 12 heavy (non-hydrogen) atoms. The van der Waals surface area contributed by atoms with Crippen LogP contribution in [0.25, 0.3) is 0 Å². The van der Waals surface area contributed by atoms with Crippen LogP contribution >= 0.6 is 11.6 Å². The predicted octanol–water partition coefficient (Wildman–Crippen LogP) is 3.23. The standard InChI is InChI=1S/C9H8ClNO/c10-8-4-6-2-1-3-7(6)5-9(8)11-12/h4-5H,1-3H2. The molecule has 0 fully saturated rings. The lowest BCUT2D eigenvalue weighted by Gasteiger charge is -2.00. The summed E-state index contributed by atoms with van der Waals surface area (Å²) in [6.45, 7) is 0. The molecule has 0 saturated heterocycles. The number of benzene rings is 1. The maximum absolute atomic E-state index is 10.3. The van der Waals surface area contributed by atoms with Gasteiger partial charge in [0.05, 0.1) is 5.02 Å². The second kappa shape index (κ2) is 2.87. The second-order valence-corrected chi connectivity index (χ2v) is 3.42. The van der Waals surface area contributed by atoms with Crippen LogP contribution < -0.4 is 0 Å². The molecular weight excluding hydrogens is 174 g/mol. The molecule has 0 aromatic heterocycles. The first-order valence-corrected chi connectivity index (χ1v) is 4.33. The molecular formula is C9H8ClNO. The molecule has 3 heteroatoms. The third-order valence-electron chi connectivity index (χ3n) is 2.26. The summed E-state index contributed by atoms with van der Waals surface area (Å²) < 4.78 is 0. The lowest BCUT2D eigenvalue weighted by molar-refractivity contribution is 0.912. The largest absolute Gasteiger partial charge is 0.145 e. The molecule has 2 rings (SSSR count). The van der Waals surface area contributed by atoms with Crippen molar-refractivity contribution in [1.82, 2.24) is 0 Å². The number of nitroso groups, excluding NO2 is 1. The molecule has 0 bridgehead atoms. The predicted molar refractivity (Wildman–Crippen MR) is 48.9 cm³/mol. The molecule has 1 aliphatic carbocycles. The average molecular weight is 182 g/mol. The lowest BCUT2D eigenvalue weighted by atomic mass is 10.1. The van der Waals surface area contributed by atoms with Crippen molar-refractivity contribution < 1.29 is 0 Å². The fourth-order valence-corrected chi connectivity index (χ4v) is 1.87. The molecule has 0 radical (unpaired) electrons. The molecule has 1 aromatic rings. The SMILES string of the molecule is O=Nc1cc2c(cc1Cl)CCC2. The second-order valence-electron chi connectivity index (χ2n) is 3.02. The van der Waals surface area contributed by atoms with Crippen LogP contribution in [0.4, 0.5) is 5.69 Å². The maximum Gasteiger partial charge on any atom is 0.126 e. The van der Waals surface area contributed by atoms with Gasteiger partial charge in [0.2, 0.25) is 0 Å². The van der Waals surface area contributed by atoms with Crippen molar-refractivity contribution in [3.05, 3.63) is 33.2 Å². The van der Waals surface area contributed by atoms with Crippen molar-refractivity contribution in [2.75, 3.05) is 0 Å². The van der Waals surface area contributed by atoms with E-state index in [2.05, 4.69) is 5.18 Å². The third kappa shape index (κ3) is 1.12. The molecule has 0 unspecified atom stereocenters. The van der Waals surface area contributed by atoms with Crippen LogP contribution in [0.2, 0.25) is 5.02 Å². The molecule has 1 aromatic carbocycles. The van der Waals surface area contributed by atoms with Gasteiger partial charge in [0.25, 0.3) is 0 Å². The highest BCUT2D eigenvalue weighted by molar-refractivity contribution is 6.33. The molecule has 0 amide bonds. The van der Waals surface area contributed by atoms with Gasteiger partial charge in [0, 0.05) is 0 Å². The summed E-state index contributed by atoms with van der Waals surface area (Å²) >= 11 is 5.81. The minimum atomic E-state index is 0.373. The van der Waals surface area contributed by atoms with Crippen LogP contribution in [0.5, 0.6) is 0 Å². The van der Waals surface area contributed by atoms with E-state index < -0.39 is 0 Å². The Hall–Kier alpha value is -0.890. The van der Waals surface area contributed by atoms with Crippen LogP contribution in [-0.4, -0.2) is 0 Å². The zero-order valence-electron chi connectivity index (χ0n) is 6.51. The van der Waals surface area contributed by atoms with E-state index in [-0.39, 0.29) is 0 Å². The monoisotopic (exact) mass is 181 g/mol. The van der Waals surface area contributed by atoms with Crippen molar-refractivity contribution in [1.29, 1.82) is 0 Å². The first-order valence-electron chi connectivity index (χ1n) is 3.96. The van der Waals surface area contributed by atoms with Gasteiger partial charge in [0.15, 0.2) is 0 Å². The summed E-state index contributed by atoms with van der Waals surface area (Å²) in [5.74, 6) is 0. The van der Waals surface area contributed by atoms with E-state index in [1.807, 2.05) is 6.07 Å². The highest BCUT2D eigenvalue weighted by Crippen LogP contribution is 2.32. The van der Waals surface area contributed by atoms with Crippen LogP contribution in [0.15, 0.2) is 17.3 Å². The van der Waals surface area contributed by atoms with E-state index in [0.29, 0.717) is 10.7 Å². The zero-order chi connectivity index (χ0) is 8.55. The summed E-state index contributed by atoms with van der Waals surface area (Å²) in [6.07, 6.45) is 3.29. The summed E-state index contributed by atoms with van der Waals surface area (Å²) in [6, 6.07) is 3.66. The van der Waals surface area contributed by atoms with Gasteiger partial charge in [-0.05, 0) is 47.7 Å². The van der Waals surface area contributed by atoms with Crippen molar-refractivity contribution in [2.45, 2.75) is 19.3 Å². The molecule has 0 spiro atoms. The van der Waals surface area contributed by atoms with Gasteiger partial charge in [-0.15, -0.1) is 4.91 Å². The first-order chi connectivity index (χ1) is 5.81. The molecule has 0 saturated carbocycles. The number of halogens is 1. The summed E-state index contributed by atoms with van der Waals surface area (Å²) in [5.41, 5.74) is 2.87. The number of nitrogens with zero attached hydrogens (tertiary/aromatic N) is 1.